The summed E-state index contributed by atoms with van der Waals surface area (Å²) < 4.78 is 19.4. The van der Waals surface area contributed by atoms with Gasteiger partial charge >= 0.3 is 5.97 Å². The molecular formula is C22H21FO3. The van der Waals surface area contributed by atoms with E-state index in [0.29, 0.717) is 11.1 Å². The molecule has 0 amide bonds. The highest BCUT2D eigenvalue weighted by molar-refractivity contribution is 6.04. The molecule has 0 aliphatic heterocycles. The number of benzene rings is 2. The Hall–Kier alpha value is -2.88. The number of hydrogen-bond donors (Lipinski definition) is 1. The van der Waals surface area contributed by atoms with Gasteiger partial charge in [-0.05, 0) is 85.0 Å². The van der Waals surface area contributed by atoms with Crippen molar-refractivity contribution in [3.63, 3.8) is 0 Å². The molecule has 0 spiro atoms. The van der Waals surface area contributed by atoms with E-state index < -0.39 is 5.97 Å². The largest absolute Gasteiger partial charge is 0.488 e. The van der Waals surface area contributed by atoms with Crippen molar-refractivity contribution >= 4 is 23.2 Å². The Morgan fingerprint density at radius 3 is 2.42 bits per heavy atom. The Labute approximate surface area is 152 Å². The Bertz CT molecular complexity index is 900. The van der Waals surface area contributed by atoms with Crippen LogP contribution < -0.4 is 4.74 Å². The summed E-state index contributed by atoms with van der Waals surface area (Å²) in [6.07, 6.45) is 3.65. The number of rotatable bonds is 4. The molecule has 0 saturated heterocycles. The Balaban J connectivity index is 1.93. The van der Waals surface area contributed by atoms with E-state index in [1.54, 1.807) is 6.07 Å². The highest BCUT2D eigenvalue weighted by Gasteiger charge is 2.21. The van der Waals surface area contributed by atoms with E-state index in [0.717, 1.165) is 22.4 Å². The Kier molecular flexibility index (Phi) is 4.68. The van der Waals surface area contributed by atoms with Gasteiger partial charge < -0.3 is 9.84 Å². The van der Waals surface area contributed by atoms with E-state index in [1.165, 1.54) is 12.1 Å². The lowest BCUT2D eigenvalue weighted by molar-refractivity contribution is -0.135. The maximum atomic E-state index is 13.6. The van der Waals surface area contributed by atoms with Crippen molar-refractivity contribution in [2.45, 2.75) is 32.8 Å². The molecule has 26 heavy (non-hydrogen) atoms. The molecule has 0 saturated carbocycles. The first-order chi connectivity index (χ1) is 12.2. The summed E-state index contributed by atoms with van der Waals surface area (Å²) in [5, 5.41) is 9.10. The number of fused-ring (bicyclic) bond motifs is 1. The molecule has 1 aliphatic rings. The van der Waals surface area contributed by atoms with Crippen LogP contribution in [0.2, 0.25) is 0 Å². The number of halogens is 1. The number of ether oxygens (including phenoxy) is 1. The molecule has 1 aliphatic carbocycles. The van der Waals surface area contributed by atoms with E-state index in [9.17, 15) is 9.18 Å². The zero-order chi connectivity index (χ0) is 18.9. The number of hydrogen-bond acceptors (Lipinski definition) is 2. The van der Waals surface area contributed by atoms with E-state index in [-0.39, 0.29) is 17.8 Å². The molecular weight excluding hydrogens is 331 g/mol. The minimum absolute atomic E-state index is 0.133. The lowest BCUT2D eigenvalue weighted by Gasteiger charge is -2.21. The molecule has 2 aromatic rings. The van der Waals surface area contributed by atoms with Gasteiger partial charge in [-0.25, -0.2) is 4.39 Å². The lowest BCUT2D eigenvalue weighted by atomic mass is 10.0. The highest BCUT2D eigenvalue weighted by Crippen LogP contribution is 2.38. The molecule has 4 heteroatoms. The summed E-state index contributed by atoms with van der Waals surface area (Å²) in [4.78, 5) is 11.1. The van der Waals surface area contributed by atoms with E-state index in [2.05, 4.69) is 0 Å². The van der Waals surface area contributed by atoms with Crippen molar-refractivity contribution in [3.8, 4) is 5.75 Å². The van der Waals surface area contributed by atoms with Gasteiger partial charge in [0.2, 0.25) is 0 Å². The van der Waals surface area contributed by atoms with E-state index in [1.807, 2.05) is 57.2 Å². The molecule has 0 aromatic heterocycles. The van der Waals surface area contributed by atoms with Crippen LogP contribution in [0.25, 0.3) is 17.2 Å². The lowest BCUT2D eigenvalue weighted by Crippen LogP contribution is -2.22. The average molecular weight is 352 g/mol. The Morgan fingerprint density at radius 2 is 1.81 bits per heavy atom. The topological polar surface area (TPSA) is 46.5 Å². The SMILES string of the molecule is CC(C)(C)Oc1ccc(/C=C2\C=C(CC(=O)O)c3cc(F)ccc32)cc1. The summed E-state index contributed by atoms with van der Waals surface area (Å²) in [6.45, 7) is 5.98. The molecule has 134 valence electrons. The van der Waals surface area contributed by atoms with Crippen molar-refractivity contribution in [3.05, 3.63) is 71.0 Å². The van der Waals surface area contributed by atoms with Gasteiger partial charge in [0, 0.05) is 0 Å². The van der Waals surface area contributed by atoms with Gasteiger partial charge in [-0.2, -0.15) is 0 Å². The van der Waals surface area contributed by atoms with E-state index >= 15 is 0 Å². The molecule has 3 rings (SSSR count). The quantitative estimate of drug-likeness (QED) is 0.800. The first kappa shape index (κ1) is 17.9. The summed E-state index contributed by atoms with van der Waals surface area (Å²) in [7, 11) is 0. The minimum atomic E-state index is -0.934. The van der Waals surface area contributed by atoms with Gasteiger partial charge in [0.1, 0.15) is 17.2 Å². The van der Waals surface area contributed by atoms with Gasteiger partial charge in [0.25, 0.3) is 0 Å². The standard InChI is InChI=1S/C22H21FO3/c1-22(2,3)26-18-7-4-14(5-8-18)10-15-11-16(12-21(24)25)20-13-17(23)6-9-19(15)20/h4-11,13H,12H2,1-3H3,(H,24,25)/b15-10+. The fourth-order valence-electron chi connectivity index (χ4n) is 2.97. The van der Waals surface area contributed by atoms with Crippen molar-refractivity contribution in [1.82, 2.24) is 0 Å². The van der Waals surface area contributed by atoms with Crippen LogP contribution in [0.15, 0.2) is 48.5 Å². The molecule has 2 aromatic carbocycles. The number of allylic oxidation sites excluding steroid dienone is 2. The van der Waals surface area contributed by atoms with Crippen LogP contribution in [0, 0.1) is 5.82 Å². The number of carbonyl (C=O) groups is 1. The molecule has 3 nitrogen and oxygen atoms in total. The van der Waals surface area contributed by atoms with Crippen molar-refractivity contribution in [2.24, 2.45) is 0 Å². The molecule has 0 bridgehead atoms. The first-order valence-corrected chi connectivity index (χ1v) is 8.45. The van der Waals surface area contributed by atoms with Crippen LogP contribution in [0.5, 0.6) is 5.75 Å². The fourth-order valence-corrected chi connectivity index (χ4v) is 2.97. The second kappa shape index (κ2) is 6.79. The third-order valence-corrected chi connectivity index (χ3v) is 3.94. The second-order valence-corrected chi connectivity index (χ2v) is 7.31. The summed E-state index contributed by atoms with van der Waals surface area (Å²) >= 11 is 0. The average Bonchev–Trinajstić information content (AvgIpc) is 2.84. The molecule has 0 radical (unpaired) electrons. The normalized spacial score (nSPS) is 14.9. The van der Waals surface area contributed by atoms with Crippen molar-refractivity contribution in [1.29, 1.82) is 0 Å². The zero-order valence-electron chi connectivity index (χ0n) is 15.0. The fraction of sp³-hybridized carbons (Fsp3) is 0.227. The zero-order valence-corrected chi connectivity index (χ0v) is 15.0. The van der Waals surface area contributed by atoms with Crippen LogP contribution in [-0.2, 0) is 4.79 Å². The van der Waals surface area contributed by atoms with Crippen LogP contribution >= 0.6 is 0 Å². The van der Waals surface area contributed by atoms with Gasteiger partial charge in [0.05, 0.1) is 6.42 Å². The van der Waals surface area contributed by atoms with Gasteiger partial charge in [-0.15, -0.1) is 0 Å². The monoisotopic (exact) mass is 352 g/mol. The van der Waals surface area contributed by atoms with E-state index in [4.69, 9.17) is 9.84 Å². The van der Waals surface area contributed by atoms with Gasteiger partial charge in [-0.1, -0.05) is 18.2 Å². The van der Waals surface area contributed by atoms with Crippen molar-refractivity contribution in [2.75, 3.05) is 0 Å². The van der Waals surface area contributed by atoms with Crippen LogP contribution in [0.4, 0.5) is 4.39 Å². The predicted octanol–water partition coefficient (Wildman–Crippen LogP) is 5.42. The number of aliphatic carboxylic acids is 1. The van der Waals surface area contributed by atoms with Gasteiger partial charge in [-0.3, -0.25) is 4.79 Å². The smallest absolute Gasteiger partial charge is 0.307 e. The number of carboxylic acid groups (broad SMARTS) is 1. The Morgan fingerprint density at radius 1 is 1.12 bits per heavy atom. The minimum Gasteiger partial charge on any atom is -0.488 e. The molecule has 0 atom stereocenters. The maximum absolute atomic E-state index is 13.6. The molecule has 0 unspecified atom stereocenters. The summed E-state index contributed by atoms with van der Waals surface area (Å²) in [5.41, 5.74) is 3.68. The third-order valence-electron chi connectivity index (χ3n) is 3.94. The van der Waals surface area contributed by atoms with Crippen molar-refractivity contribution < 1.29 is 19.0 Å². The van der Waals surface area contributed by atoms with Crippen LogP contribution in [0.3, 0.4) is 0 Å². The van der Waals surface area contributed by atoms with Gasteiger partial charge in [0.15, 0.2) is 0 Å². The predicted molar refractivity (Wildman–Crippen MR) is 101 cm³/mol. The highest BCUT2D eigenvalue weighted by atomic mass is 19.1. The maximum Gasteiger partial charge on any atom is 0.307 e. The summed E-state index contributed by atoms with van der Waals surface area (Å²) in [5.74, 6) is -0.517. The third kappa shape index (κ3) is 4.20. The summed E-state index contributed by atoms with van der Waals surface area (Å²) in [6, 6.07) is 12.2. The van der Waals surface area contributed by atoms with Crippen LogP contribution in [-0.4, -0.2) is 16.7 Å². The first-order valence-electron chi connectivity index (χ1n) is 8.45. The number of carboxylic acids is 1. The molecule has 0 fully saturated rings. The molecule has 0 heterocycles. The van der Waals surface area contributed by atoms with Crippen LogP contribution in [0.1, 0.15) is 43.9 Å². The second-order valence-electron chi connectivity index (χ2n) is 7.31. The molecule has 1 N–H and O–H groups in total.